The van der Waals surface area contributed by atoms with E-state index in [1.807, 2.05) is 25.1 Å². The molecule has 0 bridgehead atoms. The molecule has 0 spiro atoms. The van der Waals surface area contributed by atoms with Crippen LogP contribution in [0, 0.1) is 6.92 Å². The monoisotopic (exact) mass is 424 g/mol. The van der Waals surface area contributed by atoms with Gasteiger partial charge in [0.05, 0.1) is 11.3 Å². The van der Waals surface area contributed by atoms with Gasteiger partial charge in [-0.25, -0.2) is 0 Å². The lowest BCUT2D eigenvalue weighted by atomic mass is 9.88. The van der Waals surface area contributed by atoms with E-state index in [1.54, 1.807) is 0 Å². The second-order valence-electron chi connectivity index (χ2n) is 7.28. The van der Waals surface area contributed by atoms with Crippen molar-refractivity contribution in [2.24, 2.45) is 0 Å². The Labute approximate surface area is 179 Å². The number of carbonyl (C=O) groups is 1. The number of nitrogens with zero attached hydrogens (tertiary/aromatic N) is 2. The first-order valence-corrected chi connectivity index (χ1v) is 11.5. The van der Waals surface area contributed by atoms with Crippen molar-refractivity contribution in [3.63, 3.8) is 0 Å². The third-order valence-corrected chi connectivity index (χ3v) is 7.03. The molecule has 0 fully saturated rings. The molecule has 1 heterocycles. The highest BCUT2D eigenvalue weighted by Crippen LogP contribution is 2.33. The van der Waals surface area contributed by atoms with E-state index >= 15 is 0 Å². The zero-order chi connectivity index (χ0) is 20.2. The smallest absolute Gasteiger partial charge is 0.233 e. The number of aromatic nitrogens is 2. The van der Waals surface area contributed by atoms with Crippen LogP contribution in [-0.4, -0.2) is 21.4 Å². The summed E-state index contributed by atoms with van der Waals surface area (Å²) < 4.78 is 0.784. The summed E-state index contributed by atoms with van der Waals surface area (Å²) in [5.41, 5.74) is 4.77. The average molecular weight is 425 g/mol. The molecule has 4 rings (SSSR count). The van der Waals surface area contributed by atoms with Crippen molar-refractivity contribution in [2.45, 2.75) is 48.7 Å². The van der Waals surface area contributed by atoms with Crippen LogP contribution in [0.3, 0.4) is 0 Å². The van der Waals surface area contributed by atoms with Gasteiger partial charge in [0.2, 0.25) is 11.0 Å². The van der Waals surface area contributed by atoms with Gasteiger partial charge in [-0.2, -0.15) is 0 Å². The summed E-state index contributed by atoms with van der Waals surface area (Å²) in [5.74, 6) is 0.0418. The van der Waals surface area contributed by atoms with E-state index in [4.69, 9.17) is 0 Å². The minimum absolute atomic E-state index is 0.0418. The molecular weight excluding hydrogens is 400 g/mol. The number of fused-ring (bicyclic) bond motifs is 1. The lowest BCUT2D eigenvalue weighted by molar-refractivity contribution is -0.121. The fourth-order valence-electron chi connectivity index (χ4n) is 3.55. The van der Waals surface area contributed by atoms with Gasteiger partial charge in [-0.15, -0.1) is 10.2 Å². The summed E-state index contributed by atoms with van der Waals surface area (Å²) in [5, 5.41) is 15.4. The number of rotatable bonds is 6. The van der Waals surface area contributed by atoms with Gasteiger partial charge in [0.1, 0.15) is 0 Å². The Bertz CT molecular complexity index is 1000. The first-order valence-electron chi connectivity index (χ1n) is 9.80. The SMILES string of the molecule is Cc1cccc(Nc2nnc(S[C@@H](C)C(=O)N[C@H]3CCCc4ccccc43)s2)c1. The number of thioether (sulfide) groups is 1. The van der Waals surface area contributed by atoms with E-state index in [1.165, 1.54) is 39.8 Å². The summed E-state index contributed by atoms with van der Waals surface area (Å²) in [4.78, 5) is 12.8. The molecule has 2 atom stereocenters. The number of anilines is 2. The molecule has 29 heavy (non-hydrogen) atoms. The van der Waals surface area contributed by atoms with Crippen LogP contribution >= 0.6 is 23.1 Å². The average Bonchev–Trinajstić information content (AvgIpc) is 3.15. The molecule has 1 aliphatic carbocycles. The fraction of sp³-hybridized carbons (Fsp3) is 0.318. The van der Waals surface area contributed by atoms with Gasteiger partial charge in [0.15, 0.2) is 4.34 Å². The number of aryl methyl sites for hydroxylation is 2. The minimum atomic E-state index is -0.233. The lowest BCUT2D eigenvalue weighted by Gasteiger charge is -2.27. The zero-order valence-corrected chi connectivity index (χ0v) is 18.1. The molecule has 7 heteroatoms. The Kier molecular flexibility index (Phi) is 6.16. The molecule has 1 aromatic heterocycles. The minimum Gasteiger partial charge on any atom is -0.348 e. The first kappa shape index (κ1) is 19.9. The van der Waals surface area contributed by atoms with Crippen molar-refractivity contribution in [1.29, 1.82) is 0 Å². The Balaban J connectivity index is 1.35. The molecule has 3 aromatic rings. The molecule has 0 unspecified atom stereocenters. The predicted molar refractivity (Wildman–Crippen MR) is 120 cm³/mol. The van der Waals surface area contributed by atoms with Crippen molar-refractivity contribution in [2.75, 3.05) is 5.32 Å². The topological polar surface area (TPSA) is 66.9 Å². The molecule has 0 saturated heterocycles. The van der Waals surface area contributed by atoms with E-state index in [0.717, 1.165) is 34.4 Å². The summed E-state index contributed by atoms with van der Waals surface area (Å²) in [7, 11) is 0. The molecule has 0 aliphatic heterocycles. The summed E-state index contributed by atoms with van der Waals surface area (Å²) in [6.07, 6.45) is 3.19. The Morgan fingerprint density at radius 1 is 1.21 bits per heavy atom. The van der Waals surface area contributed by atoms with Gasteiger partial charge in [-0.1, -0.05) is 59.5 Å². The molecule has 1 aliphatic rings. The molecule has 5 nitrogen and oxygen atoms in total. The molecular formula is C22H24N4OS2. The van der Waals surface area contributed by atoms with Crippen LogP contribution in [0.1, 0.15) is 42.5 Å². The van der Waals surface area contributed by atoms with E-state index in [9.17, 15) is 4.79 Å². The number of carbonyl (C=O) groups excluding carboxylic acids is 1. The van der Waals surface area contributed by atoms with Crippen LogP contribution < -0.4 is 10.6 Å². The molecule has 0 radical (unpaired) electrons. The number of benzene rings is 2. The standard InChI is InChI=1S/C22H24N4OS2/c1-14-7-5-10-17(13-14)23-21-25-26-22(29-21)28-15(2)20(27)24-19-12-6-9-16-8-3-4-11-18(16)19/h3-5,7-8,10-11,13,15,19H,6,9,12H2,1-2H3,(H,23,25)(H,24,27)/t15-,19-/m0/s1. The van der Waals surface area contributed by atoms with Crippen LogP contribution in [-0.2, 0) is 11.2 Å². The normalized spacial score (nSPS) is 16.7. The van der Waals surface area contributed by atoms with Crippen molar-refractivity contribution >= 4 is 39.8 Å². The highest BCUT2D eigenvalue weighted by Gasteiger charge is 2.24. The number of nitrogens with one attached hydrogen (secondary N) is 2. The van der Waals surface area contributed by atoms with Crippen molar-refractivity contribution in [1.82, 2.24) is 15.5 Å². The highest BCUT2D eigenvalue weighted by molar-refractivity contribution is 8.02. The maximum Gasteiger partial charge on any atom is 0.233 e. The van der Waals surface area contributed by atoms with E-state index in [0.29, 0.717) is 0 Å². The summed E-state index contributed by atoms with van der Waals surface area (Å²) in [6.45, 7) is 3.97. The van der Waals surface area contributed by atoms with E-state index in [-0.39, 0.29) is 17.2 Å². The first-order chi connectivity index (χ1) is 14.1. The van der Waals surface area contributed by atoms with Crippen LogP contribution in [0.25, 0.3) is 0 Å². The molecule has 2 N–H and O–H groups in total. The molecule has 1 amide bonds. The van der Waals surface area contributed by atoms with Crippen molar-refractivity contribution in [3.05, 3.63) is 65.2 Å². The molecule has 0 saturated carbocycles. The fourth-order valence-corrected chi connectivity index (χ4v) is 5.48. The van der Waals surface area contributed by atoms with Gasteiger partial charge < -0.3 is 10.6 Å². The van der Waals surface area contributed by atoms with Crippen LogP contribution in [0.2, 0.25) is 0 Å². The quantitative estimate of drug-likeness (QED) is 0.528. The van der Waals surface area contributed by atoms with Crippen LogP contribution in [0.4, 0.5) is 10.8 Å². The molecule has 150 valence electrons. The van der Waals surface area contributed by atoms with Gasteiger partial charge >= 0.3 is 0 Å². The van der Waals surface area contributed by atoms with Gasteiger partial charge in [0.25, 0.3) is 0 Å². The summed E-state index contributed by atoms with van der Waals surface area (Å²) >= 11 is 2.91. The van der Waals surface area contributed by atoms with E-state index in [2.05, 4.69) is 58.1 Å². The van der Waals surface area contributed by atoms with Crippen LogP contribution in [0.5, 0.6) is 0 Å². The van der Waals surface area contributed by atoms with Crippen molar-refractivity contribution in [3.8, 4) is 0 Å². The van der Waals surface area contributed by atoms with Gasteiger partial charge in [-0.05, 0) is 61.9 Å². The number of hydrogen-bond donors (Lipinski definition) is 2. The maximum absolute atomic E-state index is 12.8. The number of amides is 1. The Morgan fingerprint density at radius 3 is 2.93 bits per heavy atom. The third-order valence-electron chi connectivity index (χ3n) is 5.01. The lowest BCUT2D eigenvalue weighted by Crippen LogP contribution is -2.35. The maximum atomic E-state index is 12.8. The predicted octanol–water partition coefficient (Wildman–Crippen LogP) is 5.26. The second kappa shape index (κ2) is 8.97. The van der Waals surface area contributed by atoms with Gasteiger partial charge in [-0.3, -0.25) is 4.79 Å². The Hall–Kier alpha value is -2.38. The van der Waals surface area contributed by atoms with Gasteiger partial charge in [0, 0.05) is 5.69 Å². The second-order valence-corrected chi connectivity index (χ2v) is 9.85. The highest BCUT2D eigenvalue weighted by atomic mass is 32.2. The largest absolute Gasteiger partial charge is 0.348 e. The van der Waals surface area contributed by atoms with Crippen molar-refractivity contribution < 1.29 is 4.79 Å². The van der Waals surface area contributed by atoms with E-state index < -0.39 is 0 Å². The summed E-state index contributed by atoms with van der Waals surface area (Å²) in [6, 6.07) is 16.6. The molecule has 2 aromatic carbocycles. The number of hydrogen-bond acceptors (Lipinski definition) is 6. The Morgan fingerprint density at radius 2 is 2.07 bits per heavy atom. The third kappa shape index (κ3) is 4.97. The van der Waals surface area contributed by atoms with Crippen LogP contribution in [0.15, 0.2) is 52.9 Å². The zero-order valence-electron chi connectivity index (χ0n) is 16.5.